The molecule has 1 aliphatic rings. The highest BCUT2D eigenvalue weighted by molar-refractivity contribution is 8.33. The maximum Gasteiger partial charge on any atom is 0.276 e. The first-order chi connectivity index (χ1) is 15.2. The van der Waals surface area contributed by atoms with E-state index >= 15 is 0 Å². The molecular weight excluding hydrogens is 472 g/mol. The zero-order valence-electron chi connectivity index (χ0n) is 17.9. The minimum Gasteiger partial charge on any atom is -0.493 e. The molecule has 1 aliphatic heterocycles. The third kappa shape index (κ3) is 3.33. The zero-order valence-corrected chi connectivity index (χ0v) is 20.4. The Morgan fingerprint density at radius 1 is 1.06 bits per heavy atom. The standard InChI is InChI=1S/C20H22N4O5S3/c1-5-21-19-24(6-2)14-9-8-13(17(29-4)18(14)30-19)22-23-20-31(25,26)15-10-7-12(3)11-16(15)32(20,27)28/h7-11,22H,5-6H2,1-4H3/b21-19?,23-20-. The number of ether oxygens (including phenoxy) is 1. The lowest BCUT2D eigenvalue weighted by Gasteiger charge is -2.10. The van der Waals surface area contributed by atoms with Gasteiger partial charge in [-0.05, 0) is 50.6 Å². The summed E-state index contributed by atoms with van der Waals surface area (Å²) in [5.74, 6) is 0.428. The summed E-state index contributed by atoms with van der Waals surface area (Å²) >= 11 is 1.43. The van der Waals surface area contributed by atoms with Crippen LogP contribution in [-0.2, 0) is 26.2 Å². The van der Waals surface area contributed by atoms with Crippen molar-refractivity contribution >= 4 is 51.3 Å². The normalized spacial score (nSPS) is 18.2. The number of nitrogens with one attached hydrogen (secondary N) is 1. The third-order valence-corrected chi connectivity index (χ3v) is 10.6. The Morgan fingerprint density at radius 2 is 1.78 bits per heavy atom. The monoisotopic (exact) mass is 494 g/mol. The molecule has 0 bridgehead atoms. The third-order valence-electron chi connectivity index (χ3n) is 5.03. The van der Waals surface area contributed by atoms with E-state index in [1.165, 1.54) is 30.6 Å². The second-order valence-electron chi connectivity index (χ2n) is 7.04. The largest absolute Gasteiger partial charge is 0.493 e. The van der Waals surface area contributed by atoms with Crippen molar-refractivity contribution in [3.05, 3.63) is 40.7 Å². The Kier molecular flexibility index (Phi) is 5.63. The van der Waals surface area contributed by atoms with E-state index in [-0.39, 0.29) is 9.79 Å². The molecule has 0 fully saturated rings. The SMILES string of the molecule is CCN=c1sc2c(OC)c(N/N=C3/S(=O)(=O)c4ccc(C)cc4S3(=O)=O)ccc2n1CC. The van der Waals surface area contributed by atoms with E-state index in [1.807, 2.05) is 24.5 Å². The fourth-order valence-corrected chi connectivity index (χ4v) is 9.16. The number of methoxy groups -OCH3 is 1. The average molecular weight is 495 g/mol. The molecule has 12 heteroatoms. The molecule has 2 heterocycles. The van der Waals surface area contributed by atoms with Crippen molar-refractivity contribution in [2.45, 2.75) is 37.1 Å². The number of anilines is 1. The molecule has 0 unspecified atom stereocenters. The van der Waals surface area contributed by atoms with Crippen molar-refractivity contribution in [3.8, 4) is 5.75 Å². The van der Waals surface area contributed by atoms with E-state index in [4.69, 9.17) is 4.74 Å². The van der Waals surface area contributed by atoms with Gasteiger partial charge in [0.25, 0.3) is 4.38 Å². The van der Waals surface area contributed by atoms with Gasteiger partial charge >= 0.3 is 0 Å². The highest BCUT2D eigenvalue weighted by Gasteiger charge is 2.47. The van der Waals surface area contributed by atoms with Gasteiger partial charge < -0.3 is 9.30 Å². The molecule has 4 rings (SSSR count). The van der Waals surface area contributed by atoms with Crippen molar-refractivity contribution in [2.75, 3.05) is 19.1 Å². The summed E-state index contributed by atoms with van der Waals surface area (Å²) in [6.45, 7) is 7.00. The van der Waals surface area contributed by atoms with E-state index in [1.54, 1.807) is 19.1 Å². The van der Waals surface area contributed by atoms with Gasteiger partial charge in [-0.15, -0.1) is 5.10 Å². The molecular formula is C20H22N4O5S3. The number of hydrazone groups is 1. The molecule has 0 aliphatic carbocycles. The molecule has 0 radical (unpaired) electrons. The molecule has 1 aromatic heterocycles. The number of benzene rings is 2. The quantitative estimate of drug-likeness (QED) is 0.545. The number of hydrogen-bond acceptors (Lipinski definition) is 9. The van der Waals surface area contributed by atoms with Gasteiger partial charge in [0.1, 0.15) is 0 Å². The highest BCUT2D eigenvalue weighted by Crippen LogP contribution is 2.38. The molecule has 170 valence electrons. The molecule has 0 saturated carbocycles. The summed E-state index contributed by atoms with van der Waals surface area (Å²) in [4.78, 5) is 4.83. The number of nitrogens with zero attached hydrogens (tertiary/aromatic N) is 3. The maximum absolute atomic E-state index is 12.9. The summed E-state index contributed by atoms with van der Waals surface area (Å²) < 4.78 is 59.0. The van der Waals surface area contributed by atoms with Crippen molar-refractivity contribution in [2.24, 2.45) is 10.1 Å². The van der Waals surface area contributed by atoms with Crippen LogP contribution in [0.5, 0.6) is 5.75 Å². The van der Waals surface area contributed by atoms with Gasteiger partial charge in [-0.2, -0.15) is 0 Å². The number of sulfone groups is 2. The Bertz CT molecular complexity index is 1550. The highest BCUT2D eigenvalue weighted by atomic mass is 32.3. The number of thiazole rings is 1. The van der Waals surface area contributed by atoms with Crippen LogP contribution in [0.25, 0.3) is 10.2 Å². The first-order valence-corrected chi connectivity index (χ1v) is 13.6. The lowest BCUT2D eigenvalue weighted by Crippen LogP contribution is -2.18. The van der Waals surface area contributed by atoms with Crippen molar-refractivity contribution < 1.29 is 21.6 Å². The minimum absolute atomic E-state index is 0.256. The molecule has 3 aromatic rings. The number of aryl methyl sites for hydroxylation is 2. The van der Waals surface area contributed by atoms with E-state index < -0.39 is 24.1 Å². The predicted octanol–water partition coefficient (Wildman–Crippen LogP) is 2.90. The second-order valence-corrected chi connectivity index (χ2v) is 11.9. The lowest BCUT2D eigenvalue weighted by atomic mass is 10.2. The number of aromatic nitrogens is 1. The molecule has 9 nitrogen and oxygen atoms in total. The van der Waals surface area contributed by atoms with Crippen LogP contribution in [-0.4, -0.2) is 39.4 Å². The van der Waals surface area contributed by atoms with Gasteiger partial charge in [0.15, 0.2) is 10.6 Å². The van der Waals surface area contributed by atoms with Crippen molar-refractivity contribution in [1.82, 2.24) is 4.57 Å². The van der Waals surface area contributed by atoms with Crippen LogP contribution in [0.3, 0.4) is 0 Å². The van der Waals surface area contributed by atoms with E-state index in [0.717, 1.165) is 15.0 Å². The Balaban J connectivity index is 1.85. The lowest BCUT2D eigenvalue weighted by molar-refractivity contribution is 0.422. The number of fused-ring (bicyclic) bond motifs is 2. The van der Waals surface area contributed by atoms with Gasteiger partial charge in [0.2, 0.25) is 19.7 Å². The van der Waals surface area contributed by atoms with Crippen LogP contribution in [0.15, 0.2) is 50.2 Å². The molecule has 0 atom stereocenters. The van der Waals surface area contributed by atoms with Crippen LogP contribution < -0.4 is 15.0 Å². The fourth-order valence-electron chi connectivity index (χ4n) is 3.57. The van der Waals surface area contributed by atoms with Gasteiger partial charge in [0, 0.05) is 13.1 Å². The summed E-state index contributed by atoms with van der Waals surface area (Å²) in [6, 6.07) is 7.69. The molecule has 2 aromatic carbocycles. The minimum atomic E-state index is -4.28. The first-order valence-electron chi connectivity index (χ1n) is 9.82. The first kappa shape index (κ1) is 22.5. The number of rotatable bonds is 5. The molecule has 0 amide bonds. The van der Waals surface area contributed by atoms with Gasteiger partial charge in [0.05, 0.1) is 32.8 Å². The van der Waals surface area contributed by atoms with E-state index in [2.05, 4.69) is 15.5 Å². The van der Waals surface area contributed by atoms with Gasteiger partial charge in [-0.3, -0.25) is 10.4 Å². The number of hydrogen-bond donors (Lipinski definition) is 1. The van der Waals surface area contributed by atoms with Crippen LogP contribution >= 0.6 is 11.3 Å². The van der Waals surface area contributed by atoms with Crippen LogP contribution in [0.1, 0.15) is 19.4 Å². The summed E-state index contributed by atoms with van der Waals surface area (Å²) in [5.41, 5.74) is 4.50. The molecule has 0 spiro atoms. The predicted molar refractivity (Wildman–Crippen MR) is 125 cm³/mol. The summed E-state index contributed by atoms with van der Waals surface area (Å²) in [6.07, 6.45) is 0. The van der Waals surface area contributed by atoms with Crippen molar-refractivity contribution in [3.63, 3.8) is 0 Å². The van der Waals surface area contributed by atoms with Crippen LogP contribution in [0, 0.1) is 6.92 Å². The second kappa shape index (κ2) is 8.01. The van der Waals surface area contributed by atoms with Crippen LogP contribution in [0.2, 0.25) is 0 Å². The Morgan fingerprint density at radius 3 is 2.44 bits per heavy atom. The van der Waals surface area contributed by atoms with Crippen molar-refractivity contribution in [1.29, 1.82) is 0 Å². The summed E-state index contributed by atoms with van der Waals surface area (Å²) in [5, 5.41) is 3.83. The smallest absolute Gasteiger partial charge is 0.276 e. The zero-order chi connectivity index (χ0) is 23.3. The average Bonchev–Trinajstić information content (AvgIpc) is 3.16. The van der Waals surface area contributed by atoms with Crippen LogP contribution in [0.4, 0.5) is 5.69 Å². The van der Waals surface area contributed by atoms with Gasteiger partial charge in [-0.1, -0.05) is 17.4 Å². The summed E-state index contributed by atoms with van der Waals surface area (Å²) in [7, 11) is -7.07. The maximum atomic E-state index is 12.9. The topological polar surface area (TPSA) is 119 Å². The fraction of sp³-hybridized carbons (Fsp3) is 0.300. The molecule has 1 N–H and O–H groups in total. The molecule has 32 heavy (non-hydrogen) atoms. The van der Waals surface area contributed by atoms with Gasteiger partial charge in [-0.25, -0.2) is 16.8 Å². The van der Waals surface area contributed by atoms with E-state index in [0.29, 0.717) is 30.1 Å². The Hall–Kier alpha value is -2.70. The Labute approximate surface area is 189 Å². The molecule has 0 saturated heterocycles. The van der Waals surface area contributed by atoms with E-state index in [9.17, 15) is 16.8 Å².